The van der Waals surface area contributed by atoms with Crippen LogP contribution >= 0.6 is 0 Å². The molecule has 3 atom stereocenters. The average Bonchev–Trinajstić information content (AvgIpc) is 2.38. The Morgan fingerprint density at radius 2 is 2.11 bits per heavy atom. The Morgan fingerprint density at radius 3 is 2.63 bits per heavy atom. The molecule has 1 heterocycles. The molecule has 5 nitrogen and oxygen atoms in total. The Bertz CT molecular complexity index is 320. The van der Waals surface area contributed by atoms with Crippen molar-refractivity contribution in [1.29, 1.82) is 0 Å². The molecule has 3 unspecified atom stereocenters. The Kier molecular flexibility index (Phi) is 6.28. The Labute approximate surface area is 115 Å². The number of carbonyl (C=O) groups is 2. The third-order valence-corrected chi connectivity index (χ3v) is 3.99. The van der Waals surface area contributed by atoms with Crippen molar-refractivity contribution in [3.8, 4) is 0 Å². The summed E-state index contributed by atoms with van der Waals surface area (Å²) >= 11 is 0. The van der Waals surface area contributed by atoms with Crippen LogP contribution in [0.25, 0.3) is 0 Å². The third kappa shape index (κ3) is 4.49. The highest BCUT2D eigenvalue weighted by Gasteiger charge is 2.35. The Balaban J connectivity index is 2.63. The number of aliphatic carboxylic acids is 1. The van der Waals surface area contributed by atoms with Crippen molar-refractivity contribution in [3.05, 3.63) is 0 Å². The minimum atomic E-state index is -0.893. The Hall–Kier alpha value is -1.10. The number of likely N-dealkylation sites (tertiary alicyclic amines) is 1. The summed E-state index contributed by atoms with van der Waals surface area (Å²) in [5, 5.41) is 9.28. The van der Waals surface area contributed by atoms with Crippen molar-refractivity contribution >= 4 is 11.9 Å². The van der Waals surface area contributed by atoms with Crippen LogP contribution in [0.15, 0.2) is 0 Å². The van der Waals surface area contributed by atoms with Gasteiger partial charge in [0.25, 0.3) is 0 Å². The second-order valence-corrected chi connectivity index (χ2v) is 5.49. The van der Waals surface area contributed by atoms with E-state index in [1.165, 1.54) is 4.90 Å². The van der Waals surface area contributed by atoms with Gasteiger partial charge in [0.15, 0.2) is 0 Å². The van der Waals surface area contributed by atoms with Crippen LogP contribution in [0.3, 0.4) is 0 Å². The molecule has 0 aromatic carbocycles. The SMILES string of the molecule is CCCC(N)CC(=O)N1CCC(CC)CC1C(=O)O. The fourth-order valence-electron chi connectivity index (χ4n) is 2.76. The quantitative estimate of drug-likeness (QED) is 0.768. The van der Waals surface area contributed by atoms with E-state index >= 15 is 0 Å². The first-order valence-electron chi connectivity index (χ1n) is 7.27. The van der Waals surface area contributed by atoms with Crippen molar-refractivity contribution in [2.45, 2.75) is 64.5 Å². The van der Waals surface area contributed by atoms with Crippen molar-refractivity contribution in [2.24, 2.45) is 11.7 Å². The summed E-state index contributed by atoms with van der Waals surface area (Å²) in [5.41, 5.74) is 5.87. The molecule has 3 N–H and O–H groups in total. The fourth-order valence-corrected chi connectivity index (χ4v) is 2.76. The standard InChI is InChI=1S/C14H26N2O3/c1-3-5-11(15)9-13(17)16-7-6-10(4-2)8-12(16)14(18)19/h10-12H,3-9,15H2,1-2H3,(H,18,19). The van der Waals surface area contributed by atoms with Gasteiger partial charge in [-0.3, -0.25) is 4.79 Å². The second-order valence-electron chi connectivity index (χ2n) is 5.49. The summed E-state index contributed by atoms with van der Waals surface area (Å²) in [5.74, 6) is -0.590. The van der Waals surface area contributed by atoms with Crippen LogP contribution < -0.4 is 5.73 Å². The monoisotopic (exact) mass is 270 g/mol. The summed E-state index contributed by atoms with van der Waals surface area (Å²) in [6.45, 7) is 4.64. The van der Waals surface area contributed by atoms with Gasteiger partial charge in [0.2, 0.25) is 5.91 Å². The number of hydrogen-bond donors (Lipinski definition) is 2. The zero-order chi connectivity index (χ0) is 14.4. The van der Waals surface area contributed by atoms with E-state index in [1.54, 1.807) is 0 Å². The normalized spacial score (nSPS) is 25.1. The molecule has 1 rings (SSSR count). The third-order valence-electron chi connectivity index (χ3n) is 3.99. The second kappa shape index (κ2) is 7.48. The van der Waals surface area contributed by atoms with Crippen molar-refractivity contribution in [1.82, 2.24) is 4.90 Å². The number of rotatable bonds is 6. The van der Waals surface area contributed by atoms with Crippen LogP contribution in [0.1, 0.15) is 52.4 Å². The van der Waals surface area contributed by atoms with E-state index in [9.17, 15) is 14.7 Å². The molecule has 110 valence electrons. The van der Waals surface area contributed by atoms with Gasteiger partial charge in [0, 0.05) is 19.0 Å². The number of hydrogen-bond acceptors (Lipinski definition) is 3. The number of carboxylic acids is 1. The van der Waals surface area contributed by atoms with E-state index in [4.69, 9.17) is 5.73 Å². The average molecular weight is 270 g/mol. The number of piperidine rings is 1. The lowest BCUT2D eigenvalue weighted by atomic mass is 9.88. The molecule has 0 spiro atoms. The molecule has 0 radical (unpaired) electrons. The smallest absolute Gasteiger partial charge is 0.326 e. The summed E-state index contributed by atoms with van der Waals surface area (Å²) in [6.07, 6.45) is 4.44. The molecular weight excluding hydrogens is 244 g/mol. The maximum absolute atomic E-state index is 12.2. The van der Waals surface area contributed by atoms with Crippen molar-refractivity contribution in [3.63, 3.8) is 0 Å². The van der Waals surface area contributed by atoms with Gasteiger partial charge in [0.05, 0.1) is 0 Å². The summed E-state index contributed by atoms with van der Waals surface area (Å²) in [7, 11) is 0. The van der Waals surface area contributed by atoms with Gasteiger partial charge in [0.1, 0.15) is 6.04 Å². The minimum absolute atomic E-state index is 0.108. The fraction of sp³-hybridized carbons (Fsp3) is 0.857. The highest BCUT2D eigenvalue weighted by Crippen LogP contribution is 2.26. The zero-order valence-corrected chi connectivity index (χ0v) is 12.0. The number of carbonyl (C=O) groups excluding carboxylic acids is 1. The Morgan fingerprint density at radius 1 is 1.42 bits per heavy atom. The lowest BCUT2D eigenvalue weighted by molar-refractivity contribution is -0.153. The first-order valence-corrected chi connectivity index (χ1v) is 7.27. The molecule has 1 saturated heterocycles. The number of nitrogens with two attached hydrogens (primary N) is 1. The van der Waals surface area contributed by atoms with Gasteiger partial charge >= 0.3 is 5.97 Å². The van der Waals surface area contributed by atoms with E-state index in [-0.39, 0.29) is 18.4 Å². The van der Waals surface area contributed by atoms with Gasteiger partial charge in [-0.05, 0) is 25.2 Å². The van der Waals surface area contributed by atoms with Crippen LogP contribution in [0.2, 0.25) is 0 Å². The van der Waals surface area contributed by atoms with E-state index < -0.39 is 12.0 Å². The molecular formula is C14H26N2O3. The predicted molar refractivity (Wildman–Crippen MR) is 73.7 cm³/mol. The molecule has 0 saturated carbocycles. The van der Waals surface area contributed by atoms with Crippen LogP contribution in [0.5, 0.6) is 0 Å². The lowest BCUT2D eigenvalue weighted by Crippen LogP contribution is -2.51. The summed E-state index contributed by atoms with van der Waals surface area (Å²) in [6, 6.07) is -0.823. The summed E-state index contributed by atoms with van der Waals surface area (Å²) < 4.78 is 0. The molecule has 0 aliphatic carbocycles. The van der Waals surface area contributed by atoms with Crippen LogP contribution in [0, 0.1) is 5.92 Å². The molecule has 1 amide bonds. The van der Waals surface area contributed by atoms with Crippen molar-refractivity contribution in [2.75, 3.05) is 6.54 Å². The van der Waals surface area contributed by atoms with E-state index in [0.29, 0.717) is 18.9 Å². The largest absolute Gasteiger partial charge is 0.480 e. The molecule has 19 heavy (non-hydrogen) atoms. The van der Waals surface area contributed by atoms with Gasteiger partial charge in [-0.1, -0.05) is 26.7 Å². The number of carboxylic acid groups (broad SMARTS) is 1. The van der Waals surface area contributed by atoms with E-state index in [0.717, 1.165) is 25.7 Å². The maximum Gasteiger partial charge on any atom is 0.326 e. The molecule has 5 heteroatoms. The first-order chi connectivity index (χ1) is 8.99. The van der Waals surface area contributed by atoms with Crippen LogP contribution in [-0.2, 0) is 9.59 Å². The zero-order valence-electron chi connectivity index (χ0n) is 12.0. The highest BCUT2D eigenvalue weighted by atomic mass is 16.4. The van der Waals surface area contributed by atoms with Crippen molar-refractivity contribution < 1.29 is 14.7 Å². The molecule has 0 aromatic rings. The molecule has 1 aliphatic rings. The van der Waals surface area contributed by atoms with Crippen LogP contribution in [0.4, 0.5) is 0 Å². The van der Waals surface area contributed by atoms with Gasteiger partial charge < -0.3 is 15.7 Å². The first kappa shape index (κ1) is 16.0. The van der Waals surface area contributed by atoms with E-state index in [2.05, 4.69) is 6.92 Å². The topological polar surface area (TPSA) is 83.6 Å². The summed E-state index contributed by atoms with van der Waals surface area (Å²) in [4.78, 5) is 25.0. The minimum Gasteiger partial charge on any atom is -0.480 e. The molecule has 0 aromatic heterocycles. The van der Waals surface area contributed by atoms with Gasteiger partial charge in [-0.15, -0.1) is 0 Å². The lowest BCUT2D eigenvalue weighted by Gasteiger charge is -2.37. The number of amides is 1. The number of nitrogens with zero attached hydrogens (tertiary/aromatic N) is 1. The maximum atomic E-state index is 12.2. The molecule has 1 aliphatic heterocycles. The van der Waals surface area contributed by atoms with Crippen LogP contribution in [-0.4, -0.2) is 40.5 Å². The van der Waals surface area contributed by atoms with Gasteiger partial charge in [-0.2, -0.15) is 0 Å². The predicted octanol–water partition coefficient (Wildman–Crippen LogP) is 1.61. The van der Waals surface area contributed by atoms with E-state index in [1.807, 2.05) is 6.92 Å². The molecule has 1 fully saturated rings. The van der Waals surface area contributed by atoms with Gasteiger partial charge in [-0.25, -0.2) is 4.79 Å². The highest BCUT2D eigenvalue weighted by molar-refractivity contribution is 5.84. The molecule has 0 bridgehead atoms.